The number of methoxy groups -OCH3 is 1. The van der Waals surface area contributed by atoms with Crippen LogP contribution in [0, 0.1) is 18.6 Å². The second kappa shape index (κ2) is 18.2. The van der Waals surface area contributed by atoms with E-state index in [-0.39, 0.29) is 41.6 Å². The molecule has 2 aromatic rings. The molecule has 4 rings (SSSR count). The molecule has 2 heterocycles. The summed E-state index contributed by atoms with van der Waals surface area (Å²) < 4.78 is 54.1. The fraction of sp³-hybridized carbons (Fsp3) is 0.643. The van der Waals surface area contributed by atoms with Gasteiger partial charge in [0.25, 0.3) is 11.8 Å². The number of carbonyl (C=O) groups is 3. The van der Waals surface area contributed by atoms with Gasteiger partial charge < -0.3 is 28.9 Å². The molecule has 0 aliphatic carbocycles. The standard InChI is InChI=1S/C42H63F2N3O7Si/c1-12-16-52-34-24-36(47(25-34)40(50)53-41(3,4)5)37(54-55(10,11)42(6,7)8)35(21-28-19-31(43)23-32(44)20-28)45-38(48)29-17-27(2)18-30(22-29)39(49)46-15-13-14-33(46)26-51-9/h17-20,22-23,33-37H,12-16,21,24-26H2,1-11H3,(H,45,48)/t33-,34-,35+,36-,37+/m1/s1. The van der Waals surface area contributed by atoms with Crippen LogP contribution in [0.1, 0.15) is 106 Å². The van der Waals surface area contributed by atoms with Gasteiger partial charge in [-0.15, -0.1) is 0 Å². The Hall–Kier alpha value is -3.39. The molecule has 0 saturated carbocycles. The Kier molecular flexibility index (Phi) is 14.7. The predicted molar refractivity (Wildman–Crippen MR) is 212 cm³/mol. The molecule has 10 nitrogen and oxygen atoms in total. The van der Waals surface area contributed by atoms with Crippen molar-refractivity contribution in [2.24, 2.45) is 0 Å². The Bertz CT molecular complexity index is 1640. The van der Waals surface area contributed by atoms with Gasteiger partial charge in [-0.1, -0.05) is 27.7 Å². The van der Waals surface area contributed by atoms with Crippen molar-refractivity contribution in [3.8, 4) is 0 Å². The second-order valence-corrected chi connectivity index (χ2v) is 22.4. The minimum absolute atomic E-state index is 0.0110. The van der Waals surface area contributed by atoms with E-state index in [2.05, 4.69) is 39.2 Å². The summed E-state index contributed by atoms with van der Waals surface area (Å²) in [6.07, 6.45) is 1.15. The van der Waals surface area contributed by atoms with Gasteiger partial charge in [-0.3, -0.25) is 14.5 Å². The number of amides is 3. The van der Waals surface area contributed by atoms with Crippen molar-refractivity contribution >= 4 is 26.2 Å². The topological polar surface area (TPSA) is 107 Å². The highest BCUT2D eigenvalue weighted by Crippen LogP contribution is 2.40. The van der Waals surface area contributed by atoms with Gasteiger partial charge in [0.1, 0.15) is 17.2 Å². The summed E-state index contributed by atoms with van der Waals surface area (Å²) in [5.41, 5.74) is 0.885. The van der Waals surface area contributed by atoms with Crippen LogP contribution in [-0.4, -0.2) is 105 Å². The lowest BCUT2D eigenvalue weighted by Gasteiger charge is -2.45. The lowest BCUT2D eigenvalue weighted by atomic mass is 9.94. The van der Waals surface area contributed by atoms with Gasteiger partial charge in [-0.05, 0) is 119 Å². The first-order valence-corrected chi connectivity index (χ1v) is 22.5. The van der Waals surface area contributed by atoms with Gasteiger partial charge in [0.05, 0.1) is 43.5 Å². The second-order valence-electron chi connectivity index (χ2n) is 17.7. The Morgan fingerprint density at radius 1 is 0.964 bits per heavy atom. The van der Waals surface area contributed by atoms with E-state index in [1.807, 2.05) is 13.8 Å². The lowest BCUT2D eigenvalue weighted by Crippen LogP contribution is -2.60. The molecular formula is C42H63F2N3O7Si. The number of hydrogen-bond acceptors (Lipinski definition) is 7. The van der Waals surface area contributed by atoms with Gasteiger partial charge in [0, 0.05) is 37.5 Å². The zero-order valence-electron chi connectivity index (χ0n) is 34.7. The monoisotopic (exact) mass is 787 g/mol. The van der Waals surface area contributed by atoms with Crippen LogP contribution in [0.25, 0.3) is 0 Å². The largest absolute Gasteiger partial charge is 0.444 e. The molecule has 2 fully saturated rings. The fourth-order valence-electron chi connectivity index (χ4n) is 7.17. The van der Waals surface area contributed by atoms with Crippen molar-refractivity contribution < 1.29 is 41.8 Å². The molecule has 0 spiro atoms. The summed E-state index contributed by atoms with van der Waals surface area (Å²) >= 11 is 0. The van der Waals surface area contributed by atoms with E-state index in [0.29, 0.717) is 37.3 Å². The number of aryl methyl sites for hydroxylation is 1. The molecule has 5 atom stereocenters. The zero-order chi connectivity index (χ0) is 40.9. The molecule has 0 bridgehead atoms. The maximum Gasteiger partial charge on any atom is 0.410 e. The number of carbonyl (C=O) groups excluding carboxylic acids is 3. The molecule has 55 heavy (non-hydrogen) atoms. The van der Waals surface area contributed by atoms with Crippen LogP contribution in [0.3, 0.4) is 0 Å². The lowest BCUT2D eigenvalue weighted by molar-refractivity contribution is 0.000337. The summed E-state index contributed by atoms with van der Waals surface area (Å²) in [5, 5.41) is 2.90. The molecule has 0 radical (unpaired) electrons. The van der Waals surface area contributed by atoms with E-state index in [4.69, 9.17) is 18.6 Å². The highest BCUT2D eigenvalue weighted by atomic mass is 28.4. The fourth-order valence-corrected chi connectivity index (χ4v) is 8.53. The Balaban J connectivity index is 1.82. The summed E-state index contributed by atoms with van der Waals surface area (Å²) in [7, 11) is -1.05. The molecule has 2 aromatic carbocycles. The van der Waals surface area contributed by atoms with Crippen LogP contribution in [0.4, 0.5) is 13.6 Å². The first-order chi connectivity index (χ1) is 25.6. The van der Waals surface area contributed by atoms with E-state index in [9.17, 15) is 23.2 Å². The van der Waals surface area contributed by atoms with Crippen molar-refractivity contribution in [1.82, 2.24) is 15.1 Å². The number of ether oxygens (including phenoxy) is 3. The van der Waals surface area contributed by atoms with Crippen LogP contribution in [0.15, 0.2) is 36.4 Å². The Morgan fingerprint density at radius 2 is 1.62 bits per heavy atom. The van der Waals surface area contributed by atoms with Crippen molar-refractivity contribution in [1.29, 1.82) is 0 Å². The number of nitrogens with one attached hydrogen (secondary N) is 1. The Morgan fingerprint density at radius 3 is 2.22 bits per heavy atom. The molecular weight excluding hydrogens is 725 g/mol. The molecule has 13 heteroatoms. The number of rotatable bonds is 14. The van der Waals surface area contributed by atoms with Crippen molar-refractivity contribution in [3.05, 3.63) is 70.3 Å². The summed E-state index contributed by atoms with van der Waals surface area (Å²) in [6, 6.07) is 6.80. The van der Waals surface area contributed by atoms with E-state index in [1.54, 1.807) is 55.9 Å². The van der Waals surface area contributed by atoms with Crippen molar-refractivity contribution in [2.75, 3.05) is 33.4 Å². The highest BCUT2D eigenvalue weighted by molar-refractivity contribution is 6.74. The molecule has 2 aliphatic heterocycles. The average Bonchev–Trinajstić information content (AvgIpc) is 3.71. The average molecular weight is 788 g/mol. The number of hydrogen-bond donors (Lipinski definition) is 1. The number of likely N-dealkylation sites (tertiary alicyclic amines) is 2. The van der Waals surface area contributed by atoms with Crippen LogP contribution in [-0.2, 0) is 25.1 Å². The van der Waals surface area contributed by atoms with Crippen molar-refractivity contribution in [3.63, 3.8) is 0 Å². The van der Waals surface area contributed by atoms with Gasteiger partial charge in [-0.2, -0.15) is 0 Å². The zero-order valence-corrected chi connectivity index (χ0v) is 35.7. The number of benzene rings is 2. The number of nitrogens with zero attached hydrogens (tertiary/aromatic N) is 2. The van der Waals surface area contributed by atoms with Crippen LogP contribution < -0.4 is 5.32 Å². The minimum Gasteiger partial charge on any atom is -0.444 e. The third-order valence-corrected chi connectivity index (χ3v) is 15.3. The highest BCUT2D eigenvalue weighted by Gasteiger charge is 2.49. The maximum absolute atomic E-state index is 14.7. The molecule has 0 aromatic heterocycles. The normalized spacial score (nSPS) is 20.4. The van der Waals surface area contributed by atoms with Gasteiger partial charge >= 0.3 is 6.09 Å². The summed E-state index contributed by atoms with van der Waals surface area (Å²) in [6.45, 7) is 21.5. The predicted octanol–water partition coefficient (Wildman–Crippen LogP) is 8.06. The van der Waals surface area contributed by atoms with Gasteiger partial charge in [-0.25, -0.2) is 13.6 Å². The number of halogens is 2. The van der Waals surface area contributed by atoms with Crippen molar-refractivity contribution in [2.45, 2.75) is 142 Å². The molecule has 2 aliphatic rings. The smallest absolute Gasteiger partial charge is 0.410 e. The quantitative estimate of drug-likeness (QED) is 0.193. The first-order valence-electron chi connectivity index (χ1n) is 19.6. The van der Waals surface area contributed by atoms with E-state index >= 15 is 0 Å². The molecule has 1 N–H and O–H groups in total. The molecule has 2 saturated heterocycles. The van der Waals surface area contributed by atoms with Crippen LogP contribution >= 0.6 is 0 Å². The Labute approximate surface area is 327 Å². The van der Waals surface area contributed by atoms with Crippen LogP contribution in [0.5, 0.6) is 0 Å². The summed E-state index contributed by atoms with van der Waals surface area (Å²) in [5.74, 6) is -2.16. The van der Waals surface area contributed by atoms with Gasteiger partial charge in [0.15, 0.2) is 8.32 Å². The molecule has 3 amide bonds. The van der Waals surface area contributed by atoms with E-state index in [1.165, 1.54) is 12.1 Å². The maximum atomic E-state index is 14.7. The van der Waals surface area contributed by atoms with Crippen LogP contribution in [0.2, 0.25) is 18.1 Å². The summed E-state index contributed by atoms with van der Waals surface area (Å²) in [4.78, 5) is 45.7. The molecule has 306 valence electrons. The van der Waals surface area contributed by atoms with Gasteiger partial charge in [0.2, 0.25) is 0 Å². The first kappa shape index (κ1) is 44.3. The third-order valence-electron chi connectivity index (χ3n) is 10.8. The van der Waals surface area contributed by atoms with E-state index in [0.717, 1.165) is 30.9 Å². The third kappa shape index (κ3) is 11.8. The SMILES string of the molecule is CCCO[C@@H]1C[C@H]([C@@H](O[Si](C)(C)C(C)(C)C)[C@H](Cc2cc(F)cc(F)c2)NC(=O)c2cc(C)cc(C(=O)N3CCC[C@@H]3COC)c2)N(C(=O)OC(C)(C)C)C1. The minimum atomic E-state index is -2.67. The van der Waals surface area contributed by atoms with E-state index < -0.39 is 55.7 Å². The molecule has 0 unspecified atom stereocenters.